The second kappa shape index (κ2) is 5.89. The minimum absolute atomic E-state index is 1.07. The Hall–Kier alpha value is -2.19. The first-order valence-corrected chi connectivity index (χ1v) is 10.7. The third kappa shape index (κ3) is 2.74. The summed E-state index contributed by atoms with van der Waals surface area (Å²) in [6.07, 6.45) is 2.02. The van der Waals surface area contributed by atoms with E-state index in [4.69, 9.17) is 0 Å². The molecule has 1 aromatic heterocycles. The molecule has 0 bridgehead atoms. The fourth-order valence-electron chi connectivity index (χ4n) is 2.97. The largest absolute Gasteiger partial charge is 0.256 e. The van der Waals surface area contributed by atoms with Crippen LogP contribution in [0.2, 0.25) is 13.1 Å². The van der Waals surface area contributed by atoms with Crippen LogP contribution in [0.3, 0.4) is 0 Å². The van der Waals surface area contributed by atoms with E-state index in [2.05, 4.69) is 85.7 Å². The molecular weight excluding hydrogens is 282 g/mol. The number of hydrogen-bond acceptors (Lipinski definition) is 1. The molecule has 1 heterocycles. The zero-order valence-electron chi connectivity index (χ0n) is 13.4. The van der Waals surface area contributed by atoms with Crippen molar-refractivity contribution in [3.05, 3.63) is 78.5 Å². The standard InChI is InChI=1S/C20H21NSi/c1-16-15-21-19(17-10-6-4-7-11-17)14-20(16)22(2,3)18-12-8-5-9-13-18/h4-15H,1-3H3. The Balaban J connectivity index is 2.11. The van der Waals surface area contributed by atoms with Gasteiger partial charge in [0.2, 0.25) is 0 Å². The van der Waals surface area contributed by atoms with Gasteiger partial charge in [-0.3, -0.25) is 4.98 Å². The van der Waals surface area contributed by atoms with Gasteiger partial charge >= 0.3 is 0 Å². The van der Waals surface area contributed by atoms with Crippen LogP contribution in [0.25, 0.3) is 11.3 Å². The van der Waals surface area contributed by atoms with Crippen LogP contribution in [0.5, 0.6) is 0 Å². The minimum atomic E-state index is -1.70. The highest BCUT2D eigenvalue weighted by atomic mass is 28.3. The van der Waals surface area contributed by atoms with Crippen LogP contribution < -0.4 is 10.4 Å². The molecule has 3 rings (SSSR count). The summed E-state index contributed by atoms with van der Waals surface area (Å²) in [5, 5.41) is 2.93. The van der Waals surface area contributed by atoms with Gasteiger partial charge in [0.05, 0.1) is 5.69 Å². The summed E-state index contributed by atoms with van der Waals surface area (Å²) >= 11 is 0. The molecule has 0 saturated carbocycles. The van der Waals surface area contributed by atoms with Crippen LogP contribution in [-0.2, 0) is 0 Å². The highest BCUT2D eigenvalue weighted by molar-refractivity contribution is 7.00. The summed E-state index contributed by atoms with van der Waals surface area (Å²) < 4.78 is 0. The first-order chi connectivity index (χ1) is 10.6. The number of benzene rings is 2. The van der Waals surface area contributed by atoms with Crippen molar-refractivity contribution in [1.29, 1.82) is 0 Å². The molecule has 0 fully saturated rings. The quantitative estimate of drug-likeness (QED) is 0.669. The molecule has 22 heavy (non-hydrogen) atoms. The lowest BCUT2D eigenvalue weighted by atomic mass is 10.1. The third-order valence-electron chi connectivity index (χ3n) is 4.34. The van der Waals surface area contributed by atoms with Crippen LogP contribution in [0.1, 0.15) is 5.56 Å². The average Bonchev–Trinajstić information content (AvgIpc) is 2.57. The first-order valence-electron chi connectivity index (χ1n) is 7.67. The van der Waals surface area contributed by atoms with Gasteiger partial charge in [0, 0.05) is 11.8 Å². The second-order valence-electron chi connectivity index (χ2n) is 6.24. The van der Waals surface area contributed by atoms with E-state index in [-0.39, 0.29) is 0 Å². The van der Waals surface area contributed by atoms with Gasteiger partial charge in [-0.25, -0.2) is 0 Å². The van der Waals surface area contributed by atoms with Crippen molar-refractivity contribution in [3.63, 3.8) is 0 Å². The SMILES string of the molecule is Cc1cnc(-c2ccccc2)cc1[Si](C)(C)c1ccccc1. The van der Waals surface area contributed by atoms with Crippen molar-refractivity contribution in [2.45, 2.75) is 20.0 Å². The summed E-state index contributed by atoms with van der Waals surface area (Å²) in [7, 11) is -1.70. The van der Waals surface area contributed by atoms with E-state index >= 15 is 0 Å². The zero-order valence-corrected chi connectivity index (χ0v) is 14.4. The topological polar surface area (TPSA) is 12.9 Å². The summed E-state index contributed by atoms with van der Waals surface area (Å²) in [6, 6.07) is 23.6. The van der Waals surface area contributed by atoms with E-state index in [9.17, 15) is 0 Å². The highest BCUT2D eigenvalue weighted by Gasteiger charge is 2.27. The van der Waals surface area contributed by atoms with Gasteiger partial charge in [-0.1, -0.05) is 78.9 Å². The van der Waals surface area contributed by atoms with Crippen LogP contribution in [0.15, 0.2) is 72.9 Å². The van der Waals surface area contributed by atoms with Crippen molar-refractivity contribution >= 4 is 18.4 Å². The number of aryl methyl sites for hydroxylation is 1. The molecule has 2 heteroatoms. The van der Waals surface area contributed by atoms with Crippen molar-refractivity contribution < 1.29 is 0 Å². The number of aromatic nitrogens is 1. The number of pyridine rings is 1. The van der Waals surface area contributed by atoms with Crippen molar-refractivity contribution in [2.75, 3.05) is 0 Å². The van der Waals surface area contributed by atoms with Crippen LogP contribution >= 0.6 is 0 Å². The molecule has 2 aromatic carbocycles. The molecule has 0 aliphatic heterocycles. The summed E-state index contributed by atoms with van der Waals surface area (Å²) in [5.41, 5.74) is 3.54. The van der Waals surface area contributed by atoms with Crippen molar-refractivity contribution in [3.8, 4) is 11.3 Å². The Morgan fingerprint density at radius 1 is 0.818 bits per heavy atom. The van der Waals surface area contributed by atoms with E-state index in [1.54, 1.807) is 0 Å². The smallest absolute Gasteiger partial charge is 0.112 e. The molecule has 0 saturated heterocycles. The summed E-state index contributed by atoms with van der Waals surface area (Å²) in [5.74, 6) is 0. The predicted octanol–water partition coefficient (Wildman–Crippen LogP) is 3.88. The lowest BCUT2D eigenvalue weighted by Crippen LogP contribution is -2.54. The van der Waals surface area contributed by atoms with E-state index in [0.29, 0.717) is 0 Å². The van der Waals surface area contributed by atoms with Gasteiger partial charge in [0.1, 0.15) is 8.07 Å². The fourth-order valence-corrected chi connectivity index (χ4v) is 5.86. The molecule has 0 radical (unpaired) electrons. The van der Waals surface area contributed by atoms with Crippen molar-refractivity contribution in [2.24, 2.45) is 0 Å². The monoisotopic (exact) mass is 303 g/mol. The normalized spacial score (nSPS) is 11.4. The second-order valence-corrected chi connectivity index (χ2v) is 10.6. The Labute approximate surface area is 133 Å². The Morgan fingerprint density at radius 3 is 2.05 bits per heavy atom. The Morgan fingerprint density at radius 2 is 1.41 bits per heavy atom. The molecule has 0 aliphatic rings. The maximum absolute atomic E-state index is 4.64. The van der Waals surface area contributed by atoms with E-state index < -0.39 is 8.07 Å². The molecule has 0 aliphatic carbocycles. The Kier molecular flexibility index (Phi) is 3.95. The van der Waals surface area contributed by atoms with Crippen LogP contribution in [0.4, 0.5) is 0 Å². The third-order valence-corrected chi connectivity index (χ3v) is 8.00. The van der Waals surface area contributed by atoms with Gasteiger partial charge < -0.3 is 0 Å². The van der Waals surface area contributed by atoms with E-state index in [0.717, 1.165) is 5.69 Å². The van der Waals surface area contributed by atoms with Crippen molar-refractivity contribution in [1.82, 2.24) is 4.98 Å². The fraction of sp³-hybridized carbons (Fsp3) is 0.150. The first kappa shape index (κ1) is 14.7. The zero-order chi connectivity index (χ0) is 15.6. The molecule has 0 spiro atoms. The van der Waals surface area contributed by atoms with Gasteiger partial charge in [0.15, 0.2) is 0 Å². The number of hydrogen-bond donors (Lipinski definition) is 0. The van der Waals surface area contributed by atoms with Gasteiger partial charge in [-0.05, 0) is 23.7 Å². The number of rotatable bonds is 3. The maximum Gasteiger partial charge on any atom is 0.112 e. The van der Waals surface area contributed by atoms with Crippen LogP contribution in [-0.4, -0.2) is 13.1 Å². The van der Waals surface area contributed by atoms with Gasteiger partial charge in [-0.15, -0.1) is 0 Å². The minimum Gasteiger partial charge on any atom is -0.256 e. The summed E-state index contributed by atoms with van der Waals surface area (Å²) in [6.45, 7) is 7.01. The molecule has 0 amide bonds. The lowest BCUT2D eigenvalue weighted by molar-refractivity contribution is 1.28. The highest BCUT2D eigenvalue weighted by Crippen LogP contribution is 2.17. The van der Waals surface area contributed by atoms with Gasteiger partial charge in [0.25, 0.3) is 0 Å². The predicted molar refractivity (Wildman–Crippen MR) is 97.6 cm³/mol. The molecule has 0 atom stereocenters. The van der Waals surface area contributed by atoms with Gasteiger partial charge in [-0.2, -0.15) is 0 Å². The molecule has 0 unspecified atom stereocenters. The molecule has 110 valence electrons. The average molecular weight is 303 g/mol. The van der Waals surface area contributed by atoms with E-state index in [1.807, 2.05) is 12.3 Å². The summed E-state index contributed by atoms with van der Waals surface area (Å²) in [4.78, 5) is 4.64. The lowest BCUT2D eigenvalue weighted by Gasteiger charge is -2.26. The molecule has 0 N–H and O–H groups in total. The van der Waals surface area contributed by atoms with Crippen LogP contribution in [0, 0.1) is 6.92 Å². The molecular formula is C20H21NSi. The molecule has 3 aromatic rings. The molecule has 1 nitrogen and oxygen atoms in total. The number of nitrogens with zero attached hydrogens (tertiary/aromatic N) is 1. The maximum atomic E-state index is 4.64. The van der Waals surface area contributed by atoms with E-state index in [1.165, 1.54) is 21.5 Å². The Bertz CT molecular complexity index is 764.